The molecule has 1 aromatic rings. The van der Waals surface area contributed by atoms with Crippen LogP contribution < -0.4 is 5.43 Å². The van der Waals surface area contributed by atoms with Gasteiger partial charge in [-0.1, -0.05) is 36.2 Å². The molecule has 106 valence electrons. The van der Waals surface area contributed by atoms with Gasteiger partial charge in [-0.05, 0) is 31.2 Å². The molecule has 1 aromatic carbocycles. The number of hydrogen-bond donors (Lipinski definition) is 1. The lowest BCUT2D eigenvalue weighted by Crippen LogP contribution is -2.51. The van der Waals surface area contributed by atoms with Gasteiger partial charge in [-0.2, -0.15) is 0 Å². The zero-order valence-corrected chi connectivity index (χ0v) is 13.0. The fraction of sp³-hybridized carbons (Fsp3) is 0.571. The molecule has 1 saturated heterocycles. The van der Waals surface area contributed by atoms with Crippen LogP contribution in [0, 0.1) is 0 Å². The van der Waals surface area contributed by atoms with Crippen LogP contribution in [0.25, 0.3) is 0 Å². The second-order valence-corrected chi connectivity index (χ2v) is 5.89. The molecule has 0 bridgehead atoms. The SMILES string of the molecule is CCC(NN1CCN(C)CC1)c1ccc(Cl)cc1Cl. The summed E-state index contributed by atoms with van der Waals surface area (Å²) in [4.78, 5) is 2.34. The van der Waals surface area contributed by atoms with Crippen LogP contribution in [0.4, 0.5) is 0 Å². The third-order valence-electron chi connectivity index (χ3n) is 3.59. The molecular weight excluding hydrogens is 281 g/mol. The first kappa shape index (κ1) is 15.1. The van der Waals surface area contributed by atoms with E-state index in [1.54, 1.807) is 0 Å². The molecule has 5 heteroatoms. The van der Waals surface area contributed by atoms with Gasteiger partial charge in [0.15, 0.2) is 0 Å². The molecule has 19 heavy (non-hydrogen) atoms. The Kier molecular flexibility index (Phi) is 5.48. The van der Waals surface area contributed by atoms with E-state index in [4.69, 9.17) is 23.2 Å². The Morgan fingerprint density at radius 1 is 1.21 bits per heavy atom. The molecule has 0 radical (unpaired) electrons. The van der Waals surface area contributed by atoms with Crippen LogP contribution in [0.2, 0.25) is 10.0 Å². The van der Waals surface area contributed by atoms with E-state index in [1.807, 2.05) is 18.2 Å². The zero-order valence-electron chi connectivity index (χ0n) is 11.5. The zero-order chi connectivity index (χ0) is 13.8. The largest absolute Gasteiger partial charge is 0.304 e. The van der Waals surface area contributed by atoms with Gasteiger partial charge in [-0.15, -0.1) is 0 Å². The van der Waals surface area contributed by atoms with E-state index in [1.165, 1.54) is 0 Å². The van der Waals surface area contributed by atoms with Crippen LogP contribution in [0.5, 0.6) is 0 Å². The van der Waals surface area contributed by atoms with Crippen molar-refractivity contribution in [3.63, 3.8) is 0 Å². The quantitative estimate of drug-likeness (QED) is 0.921. The molecule has 1 heterocycles. The normalized spacial score (nSPS) is 19.6. The minimum atomic E-state index is 0.244. The summed E-state index contributed by atoms with van der Waals surface area (Å²) in [6.07, 6.45) is 0.994. The van der Waals surface area contributed by atoms with Crippen molar-refractivity contribution < 1.29 is 0 Å². The van der Waals surface area contributed by atoms with E-state index < -0.39 is 0 Å². The minimum Gasteiger partial charge on any atom is -0.304 e. The summed E-state index contributed by atoms with van der Waals surface area (Å²) in [7, 11) is 2.16. The standard InChI is InChI=1S/C14H21Cl2N3/c1-3-14(12-5-4-11(15)10-13(12)16)17-19-8-6-18(2)7-9-19/h4-5,10,14,17H,3,6-9H2,1-2H3. The third-order valence-corrected chi connectivity index (χ3v) is 4.15. The fourth-order valence-electron chi connectivity index (χ4n) is 2.32. The fourth-order valence-corrected chi connectivity index (χ4v) is 2.86. The maximum absolute atomic E-state index is 6.29. The van der Waals surface area contributed by atoms with Crippen LogP contribution >= 0.6 is 23.2 Å². The Hall–Kier alpha value is -0.320. The lowest BCUT2D eigenvalue weighted by atomic mass is 10.1. The van der Waals surface area contributed by atoms with Crippen LogP contribution in [-0.2, 0) is 0 Å². The molecule has 1 N–H and O–H groups in total. The van der Waals surface area contributed by atoms with E-state index in [-0.39, 0.29) is 6.04 Å². The van der Waals surface area contributed by atoms with Gasteiger partial charge in [0.2, 0.25) is 0 Å². The van der Waals surface area contributed by atoms with Crippen LogP contribution in [0.1, 0.15) is 24.9 Å². The number of benzene rings is 1. The first-order valence-corrected chi connectivity index (χ1v) is 7.50. The second-order valence-electron chi connectivity index (χ2n) is 5.05. The van der Waals surface area contributed by atoms with Gasteiger partial charge in [0, 0.05) is 42.3 Å². The maximum atomic E-state index is 6.29. The number of likely N-dealkylation sites (N-methyl/N-ethyl adjacent to an activating group) is 1. The Balaban J connectivity index is 2.03. The van der Waals surface area contributed by atoms with Crippen LogP contribution in [-0.4, -0.2) is 43.1 Å². The van der Waals surface area contributed by atoms with Crippen molar-refractivity contribution in [3.05, 3.63) is 33.8 Å². The van der Waals surface area contributed by atoms with Gasteiger partial charge >= 0.3 is 0 Å². The summed E-state index contributed by atoms with van der Waals surface area (Å²) in [5.41, 5.74) is 4.70. The van der Waals surface area contributed by atoms with E-state index in [0.717, 1.165) is 43.2 Å². The number of nitrogens with one attached hydrogen (secondary N) is 1. The van der Waals surface area contributed by atoms with Gasteiger partial charge in [0.25, 0.3) is 0 Å². The first-order chi connectivity index (χ1) is 9.10. The van der Waals surface area contributed by atoms with E-state index in [2.05, 4.69) is 29.3 Å². The smallest absolute Gasteiger partial charge is 0.0476 e. The number of nitrogens with zero attached hydrogens (tertiary/aromatic N) is 2. The average molecular weight is 302 g/mol. The Morgan fingerprint density at radius 2 is 1.89 bits per heavy atom. The highest BCUT2D eigenvalue weighted by Gasteiger charge is 2.19. The topological polar surface area (TPSA) is 18.5 Å². The molecule has 1 fully saturated rings. The molecule has 0 saturated carbocycles. The molecule has 0 aromatic heterocycles. The van der Waals surface area contributed by atoms with E-state index in [9.17, 15) is 0 Å². The van der Waals surface area contributed by atoms with Gasteiger partial charge < -0.3 is 4.90 Å². The van der Waals surface area contributed by atoms with Gasteiger partial charge in [0.1, 0.15) is 0 Å². The lowest BCUT2D eigenvalue weighted by molar-refractivity contribution is 0.0857. The number of hydrogen-bond acceptors (Lipinski definition) is 3. The Bertz CT molecular complexity index is 417. The monoisotopic (exact) mass is 301 g/mol. The third kappa shape index (κ3) is 4.07. The summed E-state index contributed by atoms with van der Waals surface area (Å²) >= 11 is 12.2. The Morgan fingerprint density at radius 3 is 2.47 bits per heavy atom. The summed E-state index contributed by atoms with van der Waals surface area (Å²) in [6, 6.07) is 5.97. The summed E-state index contributed by atoms with van der Waals surface area (Å²) in [5.74, 6) is 0. The van der Waals surface area contributed by atoms with Crippen LogP contribution in [0.15, 0.2) is 18.2 Å². The summed E-state index contributed by atoms with van der Waals surface area (Å²) < 4.78 is 0. The first-order valence-electron chi connectivity index (χ1n) is 6.74. The number of rotatable bonds is 4. The number of hydrazine groups is 1. The number of piperazine rings is 1. The Labute approximate surface area is 125 Å². The van der Waals surface area contributed by atoms with Gasteiger partial charge in [-0.25, -0.2) is 10.4 Å². The van der Waals surface area contributed by atoms with Crippen molar-refractivity contribution in [3.8, 4) is 0 Å². The summed E-state index contributed by atoms with van der Waals surface area (Å²) in [5, 5.41) is 3.71. The second kappa shape index (κ2) is 6.91. The molecule has 0 spiro atoms. The highest BCUT2D eigenvalue weighted by atomic mass is 35.5. The average Bonchev–Trinajstić information content (AvgIpc) is 2.39. The highest BCUT2D eigenvalue weighted by Crippen LogP contribution is 2.28. The predicted molar refractivity (Wildman–Crippen MR) is 81.7 cm³/mol. The van der Waals surface area contributed by atoms with Crippen molar-refractivity contribution in [2.45, 2.75) is 19.4 Å². The number of halogens is 2. The molecule has 1 aliphatic rings. The van der Waals surface area contributed by atoms with Crippen molar-refractivity contribution in [2.75, 3.05) is 33.2 Å². The van der Waals surface area contributed by atoms with Crippen molar-refractivity contribution >= 4 is 23.2 Å². The van der Waals surface area contributed by atoms with Gasteiger partial charge in [-0.3, -0.25) is 0 Å². The molecule has 1 unspecified atom stereocenters. The predicted octanol–water partition coefficient (Wildman–Crippen LogP) is 3.20. The molecule has 1 atom stereocenters. The van der Waals surface area contributed by atoms with Crippen molar-refractivity contribution in [1.29, 1.82) is 0 Å². The van der Waals surface area contributed by atoms with Crippen LogP contribution in [0.3, 0.4) is 0 Å². The molecule has 2 rings (SSSR count). The highest BCUT2D eigenvalue weighted by molar-refractivity contribution is 6.35. The molecule has 0 aliphatic carbocycles. The molecular formula is C14H21Cl2N3. The minimum absolute atomic E-state index is 0.244. The molecule has 0 amide bonds. The van der Waals surface area contributed by atoms with E-state index in [0.29, 0.717) is 5.02 Å². The summed E-state index contributed by atoms with van der Waals surface area (Å²) in [6.45, 7) is 6.44. The lowest BCUT2D eigenvalue weighted by Gasteiger charge is -2.35. The molecule has 1 aliphatic heterocycles. The molecule has 3 nitrogen and oxygen atoms in total. The van der Waals surface area contributed by atoms with E-state index >= 15 is 0 Å². The maximum Gasteiger partial charge on any atom is 0.0476 e. The van der Waals surface area contributed by atoms with Crippen molar-refractivity contribution in [1.82, 2.24) is 15.3 Å². The van der Waals surface area contributed by atoms with Gasteiger partial charge in [0.05, 0.1) is 0 Å². The van der Waals surface area contributed by atoms with Crippen molar-refractivity contribution in [2.24, 2.45) is 0 Å².